The molecule has 0 unspecified atom stereocenters. The monoisotopic (exact) mass is 211 g/mol. The van der Waals surface area contributed by atoms with Crippen molar-refractivity contribution in [1.29, 1.82) is 0 Å². The van der Waals surface area contributed by atoms with Gasteiger partial charge in [-0.1, -0.05) is 31.2 Å². The van der Waals surface area contributed by atoms with Crippen LogP contribution in [-0.4, -0.2) is 4.98 Å². The van der Waals surface area contributed by atoms with E-state index in [0.717, 1.165) is 6.42 Å². The lowest BCUT2D eigenvalue weighted by Gasteiger charge is -2.12. The first-order chi connectivity index (χ1) is 7.74. The first-order valence-electron chi connectivity index (χ1n) is 5.74. The maximum atomic E-state index is 4.46. The van der Waals surface area contributed by atoms with Gasteiger partial charge in [-0.15, -0.1) is 0 Å². The molecule has 1 aromatic carbocycles. The predicted octanol–water partition coefficient (Wildman–Crippen LogP) is 3.93. The number of benzene rings is 1. The second-order valence-corrected chi connectivity index (χ2v) is 4.12. The number of hydrogen-bond acceptors (Lipinski definition) is 1. The molecule has 1 heteroatoms. The molecule has 0 aliphatic rings. The van der Waals surface area contributed by atoms with Gasteiger partial charge in [-0.3, -0.25) is 4.98 Å². The largest absolute Gasteiger partial charge is 0.261 e. The van der Waals surface area contributed by atoms with Crippen LogP contribution in [-0.2, 0) is 6.42 Å². The highest BCUT2D eigenvalue weighted by Gasteiger charge is 2.09. The van der Waals surface area contributed by atoms with E-state index in [1.54, 1.807) is 0 Å². The molecule has 2 aromatic rings. The number of aryl methyl sites for hydroxylation is 3. The van der Waals surface area contributed by atoms with Crippen molar-refractivity contribution >= 4 is 0 Å². The summed E-state index contributed by atoms with van der Waals surface area (Å²) in [6.45, 7) is 6.48. The minimum atomic E-state index is 0.976. The zero-order valence-corrected chi connectivity index (χ0v) is 10.1. The highest BCUT2D eigenvalue weighted by molar-refractivity contribution is 5.72. The number of pyridine rings is 1. The van der Waals surface area contributed by atoms with Crippen LogP contribution < -0.4 is 0 Å². The fourth-order valence-corrected chi connectivity index (χ4v) is 2.19. The summed E-state index contributed by atoms with van der Waals surface area (Å²) in [5.41, 5.74) is 6.44. The topological polar surface area (TPSA) is 12.9 Å². The Morgan fingerprint density at radius 1 is 1.00 bits per heavy atom. The van der Waals surface area contributed by atoms with Gasteiger partial charge in [-0.2, -0.15) is 0 Å². The van der Waals surface area contributed by atoms with Crippen LogP contribution >= 0.6 is 0 Å². The van der Waals surface area contributed by atoms with Gasteiger partial charge in [-0.05, 0) is 43.0 Å². The Morgan fingerprint density at radius 3 is 2.31 bits per heavy atom. The molecule has 0 amide bonds. The van der Waals surface area contributed by atoms with Gasteiger partial charge in [0.2, 0.25) is 0 Å². The Balaban J connectivity index is 2.67. The van der Waals surface area contributed by atoms with Crippen molar-refractivity contribution in [1.82, 2.24) is 4.98 Å². The third-order valence-corrected chi connectivity index (χ3v) is 2.98. The molecule has 0 fully saturated rings. The van der Waals surface area contributed by atoms with E-state index in [0.29, 0.717) is 0 Å². The van der Waals surface area contributed by atoms with Crippen LogP contribution in [0, 0.1) is 13.8 Å². The van der Waals surface area contributed by atoms with E-state index in [-0.39, 0.29) is 0 Å². The van der Waals surface area contributed by atoms with Crippen molar-refractivity contribution in [3.8, 4) is 11.1 Å². The van der Waals surface area contributed by atoms with Gasteiger partial charge in [-0.25, -0.2) is 0 Å². The number of rotatable bonds is 2. The van der Waals surface area contributed by atoms with Crippen molar-refractivity contribution < 1.29 is 0 Å². The summed E-state index contributed by atoms with van der Waals surface area (Å²) < 4.78 is 0. The lowest BCUT2D eigenvalue weighted by molar-refractivity contribution is 1.04. The summed E-state index contributed by atoms with van der Waals surface area (Å²) in [7, 11) is 0. The summed E-state index contributed by atoms with van der Waals surface area (Å²) in [4.78, 5) is 4.46. The molecule has 0 atom stereocenters. The molecule has 1 heterocycles. The quantitative estimate of drug-likeness (QED) is 0.733. The maximum Gasteiger partial charge on any atom is 0.0479 e. The number of hydrogen-bond donors (Lipinski definition) is 0. The molecule has 1 nitrogen and oxygen atoms in total. The third kappa shape index (κ3) is 1.85. The summed E-state index contributed by atoms with van der Waals surface area (Å²) in [5.74, 6) is 0. The lowest BCUT2D eigenvalue weighted by atomic mass is 9.94. The highest BCUT2D eigenvalue weighted by Crippen LogP contribution is 2.29. The molecule has 82 valence electrons. The van der Waals surface area contributed by atoms with Gasteiger partial charge in [0.25, 0.3) is 0 Å². The van der Waals surface area contributed by atoms with Crippen molar-refractivity contribution in [2.45, 2.75) is 27.2 Å². The summed E-state index contributed by atoms with van der Waals surface area (Å²) >= 11 is 0. The van der Waals surface area contributed by atoms with Crippen LogP contribution in [0.15, 0.2) is 36.5 Å². The first-order valence-corrected chi connectivity index (χ1v) is 5.74. The molecule has 0 saturated heterocycles. The van der Waals surface area contributed by atoms with E-state index in [1.807, 2.05) is 12.3 Å². The average Bonchev–Trinajstić information content (AvgIpc) is 2.29. The van der Waals surface area contributed by atoms with Gasteiger partial charge in [0.15, 0.2) is 0 Å². The van der Waals surface area contributed by atoms with Crippen molar-refractivity contribution in [3.05, 3.63) is 53.3 Å². The van der Waals surface area contributed by atoms with E-state index in [1.165, 1.54) is 27.9 Å². The fourth-order valence-electron chi connectivity index (χ4n) is 2.19. The molecular formula is C15H17N. The smallest absolute Gasteiger partial charge is 0.0479 e. The van der Waals surface area contributed by atoms with Crippen LogP contribution in [0.4, 0.5) is 0 Å². The molecule has 0 saturated carbocycles. The summed E-state index contributed by atoms with van der Waals surface area (Å²) in [6.07, 6.45) is 2.85. The van der Waals surface area contributed by atoms with Crippen LogP contribution in [0.3, 0.4) is 0 Å². The molecule has 0 spiro atoms. The Labute approximate surface area is 97.2 Å². The Hall–Kier alpha value is -1.63. The van der Waals surface area contributed by atoms with Crippen LogP contribution in [0.25, 0.3) is 11.1 Å². The zero-order valence-electron chi connectivity index (χ0n) is 10.1. The Morgan fingerprint density at radius 2 is 1.69 bits per heavy atom. The fraction of sp³-hybridized carbons (Fsp3) is 0.267. The molecule has 0 N–H and O–H groups in total. The van der Waals surface area contributed by atoms with Gasteiger partial charge < -0.3 is 0 Å². The molecule has 0 radical (unpaired) electrons. The lowest BCUT2D eigenvalue weighted by Crippen LogP contribution is -1.95. The average molecular weight is 211 g/mol. The van der Waals surface area contributed by atoms with E-state index in [2.05, 4.69) is 50.0 Å². The number of aromatic nitrogens is 1. The molecule has 0 aliphatic heterocycles. The van der Waals surface area contributed by atoms with Crippen molar-refractivity contribution in [2.24, 2.45) is 0 Å². The minimum absolute atomic E-state index is 0.976. The maximum absolute atomic E-state index is 4.46. The molecule has 2 rings (SSSR count). The minimum Gasteiger partial charge on any atom is -0.261 e. The summed E-state index contributed by atoms with van der Waals surface area (Å²) in [6, 6.07) is 10.6. The standard InChI is InChI=1S/C15H17N/c1-4-14-13(9-6-10-16-14)15-11(2)7-5-8-12(15)3/h5-10H,4H2,1-3H3. The van der Waals surface area contributed by atoms with E-state index in [4.69, 9.17) is 0 Å². The second-order valence-electron chi connectivity index (χ2n) is 4.12. The van der Waals surface area contributed by atoms with Crippen LogP contribution in [0.2, 0.25) is 0 Å². The second kappa shape index (κ2) is 4.48. The van der Waals surface area contributed by atoms with Crippen LogP contribution in [0.1, 0.15) is 23.7 Å². The molecular weight excluding hydrogens is 194 g/mol. The van der Waals surface area contributed by atoms with Gasteiger partial charge in [0, 0.05) is 17.5 Å². The number of nitrogens with zero attached hydrogens (tertiary/aromatic N) is 1. The van der Waals surface area contributed by atoms with Gasteiger partial charge >= 0.3 is 0 Å². The Bertz CT molecular complexity index is 480. The van der Waals surface area contributed by atoms with Gasteiger partial charge in [0.05, 0.1) is 0 Å². The molecule has 0 aliphatic carbocycles. The Kier molecular flexibility index (Phi) is 3.04. The highest BCUT2D eigenvalue weighted by atomic mass is 14.7. The van der Waals surface area contributed by atoms with Crippen molar-refractivity contribution in [2.75, 3.05) is 0 Å². The molecule has 16 heavy (non-hydrogen) atoms. The SMILES string of the molecule is CCc1ncccc1-c1c(C)cccc1C. The van der Waals surface area contributed by atoms with Gasteiger partial charge in [0.1, 0.15) is 0 Å². The molecule has 1 aromatic heterocycles. The normalized spacial score (nSPS) is 10.4. The van der Waals surface area contributed by atoms with Crippen LogP contribution in [0.5, 0.6) is 0 Å². The molecule has 0 bridgehead atoms. The first kappa shape index (κ1) is 10.9. The predicted molar refractivity (Wildman–Crippen MR) is 68.5 cm³/mol. The van der Waals surface area contributed by atoms with Crippen molar-refractivity contribution in [3.63, 3.8) is 0 Å². The summed E-state index contributed by atoms with van der Waals surface area (Å²) in [5, 5.41) is 0. The van der Waals surface area contributed by atoms with E-state index < -0.39 is 0 Å². The van der Waals surface area contributed by atoms with E-state index >= 15 is 0 Å². The van der Waals surface area contributed by atoms with E-state index in [9.17, 15) is 0 Å². The third-order valence-electron chi connectivity index (χ3n) is 2.98. The zero-order chi connectivity index (χ0) is 11.5.